The smallest absolute Gasteiger partial charge is 0.0523 e. The summed E-state index contributed by atoms with van der Waals surface area (Å²) in [6.07, 6.45) is 1.14. The van der Waals surface area contributed by atoms with E-state index in [1.165, 1.54) is 5.71 Å². The summed E-state index contributed by atoms with van der Waals surface area (Å²) in [5.74, 6) is 0. The number of hydrogen-bond donors (Lipinski definition) is 0. The Morgan fingerprint density at radius 2 is 1.27 bits per heavy atom. The van der Waals surface area contributed by atoms with E-state index in [4.69, 9.17) is 4.99 Å². The molecule has 0 aromatic rings. The van der Waals surface area contributed by atoms with Crippen molar-refractivity contribution in [3.05, 3.63) is 0 Å². The van der Waals surface area contributed by atoms with Crippen LogP contribution in [0.1, 0.15) is 68.7 Å². The van der Waals surface area contributed by atoms with Gasteiger partial charge in [0.25, 0.3) is 0 Å². The highest BCUT2D eigenvalue weighted by Crippen LogP contribution is 2.34. The van der Waals surface area contributed by atoms with Gasteiger partial charge in [0.05, 0.1) is 5.54 Å². The molecule has 90 valence electrons. The van der Waals surface area contributed by atoms with Crippen LogP contribution in [-0.4, -0.2) is 11.3 Å². The minimum Gasteiger partial charge on any atom is -0.287 e. The highest BCUT2D eigenvalue weighted by atomic mass is 14.9. The average Bonchev–Trinajstić information content (AvgIpc) is 1.96. The SMILES string of the molecule is CCC(C)(C)C(=NC(C)(C)C)C(C)(C)C. The van der Waals surface area contributed by atoms with Crippen LogP contribution in [0.3, 0.4) is 0 Å². The maximum absolute atomic E-state index is 4.94. The molecule has 15 heavy (non-hydrogen) atoms. The normalized spacial score (nSPS) is 15.7. The molecule has 0 fully saturated rings. The average molecular weight is 211 g/mol. The lowest BCUT2D eigenvalue weighted by molar-refractivity contribution is 0.417. The zero-order valence-corrected chi connectivity index (χ0v) is 12.2. The van der Waals surface area contributed by atoms with Crippen LogP contribution >= 0.6 is 0 Å². The molecule has 0 atom stereocenters. The first-order chi connectivity index (χ1) is 6.40. The van der Waals surface area contributed by atoms with Gasteiger partial charge in [-0.15, -0.1) is 0 Å². The van der Waals surface area contributed by atoms with E-state index in [2.05, 4.69) is 62.3 Å². The first kappa shape index (κ1) is 14.7. The van der Waals surface area contributed by atoms with Crippen LogP contribution in [0.5, 0.6) is 0 Å². The van der Waals surface area contributed by atoms with E-state index in [-0.39, 0.29) is 16.4 Å². The van der Waals surface area contributed by atoms with Crippen LogP contribution in [0.15, 0.2) is 4.99 Å². The Hall–Kier alpha value is -0.330. The Morgan fingerprint density at radius 1 is 0.867 bits per heavy atom. The summed E-state index contributed by atoms with van der Waals surface area (Å²) < 4.78 is 0. The molecule has 0 N–H and O–H groups in total. The molecule has 0 spiro atoms. The van der Waals surface area contributed by atoms with Crippen molar-refractivity contribution < 1.29 is 0 Å². The second-order valence-corrected chi connectivity index (χ2v) is 7.12. The molecule has 0 amide bonds. The molecular formula is C14H29N. The highest BCUT2D eigenvalue weighted by molar-refractivity contribution is 5.94. The second kappa shape index (κ2) is 4.27. The molecule has 1 heteroatoms. The molecule has 0 aromatic carbocycles. The maximum Gasteiger partial charge on any atom is 0.0523 e. The minimum atomic E-state index is 0.0229. The Bertz CT molecular complexity index is 233. The maximum atomic E-state index is 4.94. The van der Waals surface area contributed by atoms with E-state index in [1.807, 2.05) is 0 Å². The molecule has 0 aliphatic rings. The number of aliphatic imine (C=N–C) groups is 1. The van der Waals surface area contributed by atoms with Gasteiger partial charge in [0.15, 0.2) is 0 Å². The summed E-state index contributed by atoms with van der Waals surface area (Å²) in [6.45, 7) is 20.1. The van der Waals surface area contributed by atoms with Gasteiger partial charge in [0, 0.05) is 16.5 Å². The van der Waals surface area contributed by atoms with Crippen molar-refractivity contribution >= 4 is 5.71 Å². The van der Waals surface area contributed by atoms with Gasteiger partial charge in [-0.05, 0) is 27.2 Å². The monoisotopic (exact) mass is 211 g/mol. The van der Waals surface area contributed by atoms with E-state index in [9.17, 15) is 0 Å². The van der Waals surface area contributed by atoms with E-state index in [1.54, 1.807) is 0 Å². The fourth-order valence-corrected chi connectivity index (χ4v) is 1.84. The Morgan fingerprint density at radius 3 is 1.47 bits per heavy atom. The zero-order chi connectivity index (χ0) is 12.5. The van der Waals surface area contributed by atoms with Gasteiger partial charge >= 0.3 is 0 Å². The van der Waals surface area contributed by atoms with Gasteiger partial charge in [0.2, 0.25) is 0 Å². The topological polar surface area (TPSA) is 12.4 Å². The largest absolute Gasteiger partial charge is 0.287 e. The zero-order valence-electron chi connectivity index (χ0n) is 12.2. The molecule has 0 saturated heterocycles. The Kier molecular flexibility index (Phi) is 4.18. The van der Waals surface area contributed by atoms with Crippen molar-refractivity contribution in [1.29, 1.82) is 0 Å². The van der Waals surface area contributed by atoms with Crippen LogP contribution in [0.4, 0.5) is 0 Å². The van der Waals surface area contributed by atoms with Gasteiger partial charge in [-0.1, -0.05) is 41.5 Å². The molecule has 0 rings (SSSR count). The van der Waals surface area contributed by atoms with E-state index in [0.29, 0.717) is 0 Å². The van der Waals surface area contributed by atoms with Crippen LogP contribution in [0, 0.1) is 10.8 Å². The Balaban J connectivity index is 5.38. The lowest BCUT2D eigenvalue weighted by Crippen LogP contribution is -2.37. The van der Waals surface area contributed by atoms with Crippen molar-refractivity contribution in [2.24, 2.45) is 15.8 Å². The fraction of sp³-hybridized carbons (Fsp3) is 0.929. The molecule has 0 saturated carbocycles. The molecule has 0 heterocycles. The third-order valence-electron chi connectivity index (χ3n) is 2.68. The van der Waals surface area contributed by atoms with Gasteiger partial charge in [-0.2, -0.15) is 0 Å². The summed E-state index contributed by atoms with van der Waals surface area (Å²) in [4.78, 5) is 4.94. The van der Waals surface area contributed by atoms with Crippen LogP contribution in [0.2, 0.25) is 0 Å². The first-order valence-corrected chi connectivity index (χ1v) is 6.01. The second-order valence-electron chi connectivity index (χ2n) is 7.12. The van der Waals surface area contributed by atoms with Crippen LogP contribution in [0.25, 0.3) is 0 Å². The number of hydrogen-bond acceptors (Lipinski definition) is 1. The van der Waals surface area contributed by atoms with Crippen molar-refractivity contribution in [3.63, 3.8) is 0 Å². The van der Waals surface area contributed by atoms with Gasteiger partial charge in [0.1, 0.15) is 0 Å². The summed E-state index contributed by atoms with van der Waals surface area (Å²) in [6, 6.07) is 0. The molecule has 0 aliphatic carbocycles. The quantitative estimate of drug-likeness (QED) is 0.587. The predicted molar refractivity (Wildman–Crippen MR) is 70.7 cm³/mol. The summed E-state index contributed by atoms with van der Waals surface area (Å²) >= 11 is 0. The summed E-state index contributed by atoms with van der Waals surface area (Å²) in [5, 5.41) is 0. The molecule has 0 aromatic heterocycles. The number of rotatable bonds is 2. The first-order valence-electron chi connectivity index (χ1n) is 6.01. The third kappa shape index (κ3) is 4.81. The van der Waals surface area contributed by atoms with Crippen molar-refractivity contribution in [1.82, 2.24) is 0 Å². The van der Waals surface area contributed by atoms with Crippen molar-refractivity contribution in [3.8, 4) is 0 Å². The van der Waals surface area contributed by atoms with Crippen LogP contribution in [-0.2, 0) is 0 Å². The van der Waals surface area contributed by atoms with Crippen molar-refractivity contribution in [2.75, 3.05) is 0 Å². The fourth-order valence-electron chi connectivity index (χ4n) is 1.84. The standard InChI is InChI=1S/C14H29N/c1-10-14(8,9)11(12(2,3)4)15-13(5,6)7/h10H2,1-9H3. The van der Waals surface area contributed by atoms with Gasteiger partial charge in [-0.25, -0.2) is 0 Å². The minimum absolute atomic E-state index is 0.0229. The van der Waals surface area contributed by atoms with Gasteiger partial charge in [-0.3, -0.25) is 4.99 Å². The molecule has 0 radical (unpaired) electrons. The molecule has 1 nitrogen and oxygen atoms in total. The Labute approximate surface area is 96.4 Å². The van der Waals surface area contributed by atoms with Crippen LogP contribution < -0.4 is 0 Å². The summed E-state index contributed by atoms with van der Waals surface area (Å²) in [5.41, 5.74) is 1.72. The van der Waals surface area contributed by atoms with E-state index < -0.39 is 0 Å². The van der Waals surface area contributed by atoms with Gasteiger partial charge < -0.3 is 0 Å². The molecular weight excluding hydrogens is 182 g/mol. The lowest BCUT2D eigenvalue weighted by Gasteiger charge is -2.36. The molecule has 0 unspecified atom stereocenters. The predicted octanol–water partition coefficient (Wildman–Crippen LogP) is 4.71. The molecule has 0 aliphatic heterocycles. The third-order valence-corrected chi connectivity index (χ3v) is 2.68. The highest BCUT2D eigenvalue weighted by Gasteiger charge is 2.33. The molecule has 0 bridgehead atoms. The lowest BCUT2D eigenvalue weighted by atomic mass is 9.72. The van der Waals surface area contributed by atoms with E-state index in [0.717, 1.165) is 6.42 Å². The van der Waals surface area contributed by atoms with Crippen molar-refractivity contribution in [2.45, 2.75) is 74.3 Å². The number of nitrogens with zero attached hydrogens (tertiary/aromatic N) is 1. The van der Waals surface area contributed by atoms with E-state index >= 15 is 0 Å². The summed E-state index contributed by atoms with van der Waals surface area (Å²) in [7, 11) is 0.